The van der Waals surface area contributed by atoms with E-state index in [-0.39, 0.29) is 6.03 Å². The van der Waals surface area contributed by atoms with E-state index in [1.165, 1.54) is 12.8 Å². The molecule has 3 rings (SSSR count). The summed E-state index contributed by atoms with van der Waals surface area (Å²) in [5.74, 6) is 1.54. The predicted octanol–water partition coefficient (Wildman–Crippen LogP) is 3.23. The minimum absolute atomic E-state index is 0.0553. The lowest BCUT2D eigenvalue weighted by molar-refractivity contribution is 0.0373. The van der Waals surface area contributed by atoms with Crippen LogP contribution in [-0.2, 0) is 11.2 Å². The Labute approximate surface area is 150 Å². The molecule has 2 amide bonds. The maximum absolute atomic E-state index is 12.4. The van der Waals surface area contributed by atoms with Crippen molar-refractivity contribution in [2.24, 2.45) is 5.92 Å². The van der Waals surface area contributed by atoms with Crippen LogP contribution in [0.1, 0.15) is 38.2 Å². The van der Waals surface area contributed by atoms with E-state index in [1.54, 1.807) is 0 Å². The number of nitrogens with zero attached hydrogens (tertiary/aromatic N) is 1. The third kappa shape index (κ3) is 4.88. The van der Waals surface area contributed by atoms with E-state index in [0.717, 1.165) is 50.3 Å². The molecule has 0 saturated carbocycles. The van der Waals surface area contributed by atoms with Crippen LogP contribution in [0.5, 0.6) is 5.75 Å². The van der Waals surface area contributed by atoms with Crippen LogP contribution >= 0.6 is 0 Å². The van der Waals surface area contributed by atoms with Gasteiger partial charge in [0, 0.05) is 26.2 Å². The first kappa shape index (κ1) is 18.1. The summed E-state index contributed by atoms with van der Waals surface area (Å²) in [6, 6.07) is 8.08. The Hall–Kier alpha value is -1.75. The van der Waals surface area contributed by atoms with Crippen molar-refractivity contribution >= 4 is 6.03 Å². The number of nitrogens with one attached hydrogen (secondary N) is 1. The number of amides is 2. The highest BCUT2D eigenvalue weighted by atomic mass is 16.5. The van der Waals surface area contributed by atoms with Gasteiger partial charge in [0.1, 0.15) is 5.75 Å². The molecule has 1 aromatic rings. The normalized spacial score (nSPS) is 21.3. The van der Waals surface area contributed by atoms with E-state index in [9.17, 15) is 4.79 Å². The number of hydrogen-bond acceptors (Lipinski definition) is 3. The molecule has 138 valence electrons. The minimum Gasteiger partial charge on any atom is -0.494 e. The van der Waals surface area contributed by atoms with Gasteiger partial charge in [-0.15, -0.1) is 0 Å². The number of carbonyl (C=O) groups is 1. The Morgan fingerprint density at radius 3 is 2.80 bits per heavy atom. The van der Waals surface area contributed by atoms with Crippen LogP contribution in [0.3, 0.4) is 0 Å². The van der Waals surface area contributed by atoms with Crippen LogP contribution in [-0.4, -0.2) is 49.9 Å². The molecule has 0 aromatic heterocycles. The van der Waals surface area contributed by atoms with Crippen LogP contribution in [0.2, 0.25) is 0 Å². The molecule has 1 atom stereocenters. The van der Waals surface area contributed by atoms with Crippen molar-refractivity contribution in [3.63, 3.8) is 0 Å². The number of hydrogen-bond donors (Lipinski definition) is 1. The maximum atomic E-state index is 12.4. The standard InChI is InChI=1S/C20H30N2O3/c1-2-24-18-7-4-3-6-16(18)9-12-21-20(23)22-13-10-17(11-14-22)19-8-5-15-25-19/h3-4,6-7,17,19H,2,5,8-15H2,1H3,(H,21,23)/t19-/m1/s1. The van der Waals surface area contributed by atoms with Crippen LogP contribution in [0.25, 0.3) is 0 Å². The molecule has 2 aliphatic rings. The summed E-state index contributed by atoms with van der Waals surface area (Å²) in [5, 5.41) is 3.05. The lowest BCUT2D eigenvalue weighted by atomic mass is 9.90. The van der Waals surface area contributed by atoms with E-state index >= 15 is 0 Å². The summed E-state index contributed by atoms with van der Waals surface area (Å²) in [5.41, 5.74) is 1.14. The van der Waals surface area contributed by atoms with E-state index in [4.69, 9.17) is 9.47 Å². The number of likely N-dealkylation sites (tertiary alicyclic amines) is 1. The van der Waals surface area contributed by atoms with Crippen molar-refractivity contribution in [3.05, 3.63) is 29.8 Å². The zero-order valence-corrected chi connectivity index (χ0v) is 15.2. The largest absolute Gasteiger partial charge is 0.494 e. The van der Waals surface area contributed by atoms with Crippen LogP contribution < -0.4 is 10.1 Å². The zero-order valence-electron chi connectivity index (χ0n) is 15.2. The van der Waals surface area contributed by atoms with Crippen LogP contribution in [0.15, 0.2) is 24.3 Å². The molecule has 5 heteroatoms. The van der Waals surface area contributed by atoms with Gasteiger partial charge >= 0.3 is 6.03 Å². The van der Waals surface area contributed by atoms with E-state index < -0.39 is 0 Å². The quantitative estimate of drug-likeness (QED) is 0.860. The second-order valence-electron chi connectivity index (χ2n) is 6.90. The molecule has 0 spiro atoms. The van der Waals surface area contributed by atoms with E-state index in [0.29, 0.717) is 25.2 Å². The number of benzene rings is 1. The molecule has 2 heterocycles. The van der Waals surface area contributed by atoms with Crippen molar-refractivity contribution in [3.8, 4) is 5.75 Å². The summed E-state index contributed by atoms with van der Waals surface area (Å²) >= 11 is 0. The summed E-state index contributed by atoms with van der Waals surface area (Å²) in [4.78, 5) is 14.3. The SMILES string of the molecule is CCOc1ccccc1CCNC(=O)N1CCC([C@H]2CCCO2)CC1. The fraction of sp³-hybridized carbons (Fsp3) is 0.650. The van der Waals surface area contributed by atoms with Crippen molar-refractivity contribution in [2.45, 2.75) is 45.1 Å². The van der Waals surface area contributed by atoms with Crippen molar-refractivity contribution < 1.29 is 14.3 Å². The fourth-order valence-corrected chi connectivity index (χ4v) is 3.87. The summed E-state index contributed by atoms with van der Waals surface area (Å²) in [6.07, 6.45) is 5.72. The van der Waals surface area contributed by atoms with Gasteiger partial charge in [-0.3, -0.25) is 0 Å². The highest BCUT2D eigenvalue weighted by Gasteiger charge is 2.30. The average molecular weight is 346 g/mol. The summed E-state index contributed by atoms with van der Waals surface area (Å²) < 4.78 is 11.4. The number of urea groups is 1. The molecule has 0 bridgehead atoms. The summed E-state index contributed by atoms with van der Waals surface area (Å²) in [7, 11) is 0. The molecule has 2 saturated heterocycles. The molecule has 5 nitrogen and oxygen atoms in total. The number of piperidine rings is 1. The highest BCUT2D eigenvalue weighted by Crippen LogP contribution is 2.28. The van der Waals surface area contributed by atoms with Gasteiger partial charge in [-0.05, 0) is 56.6 Å². The first-order valence-corrected chi connectivity index (χ1v) is 9.63. The van der Waals surface area contributed by atoms with Crippen LogP contribution in [0.4, 0.5) is 4.79 Å². The predicted molar refractivity (Wildman–Crippen MR) is 98.0 cm³/mol. The minimum atomic E-state index is 0.0553. The van der Waals surface area contributed by atoms with E-state index in [1.807, 2.05) is 30.0 Å². The second kappa shape index (κ2) is 9.09. The van der Waals surface area contributed by atoms with Gasteiger partial charge < -0.3 is 19.7 Å². The Bertz CT molecular complexity index is 550. The first-order valence-electron chi connectivity index (χ1n) is 9.63. The second-order valence-corrected chi connectivity index (χ2v) is 6.90. The molecule has 25 heavy (non-hydrogen) atoms. The highest BCUT2D eigenvalue weighted by molar-refractivity contribution is 5.74. The van der Waals surface area contributed by atoms with Crippen molar-refractivity contribution in [1.29, 1.82) is 0 Å². The number of ether oxygens (including phenoxy) is 2. The number of carbonyl (C=O) groups excluding carboxylic acids is 1. The zero-order chi connectivity index (χ0) is 17.5. The smallest absolute Gasteiger partial charge is 0.317 e. The average Bonchev–Trinajstić information content (AvgIpc) is 3.18. The first-order chi connectivity index (χ1) is 12.3. The lowest BCUT2D eigenvalue weighted by Crippen LogP contribution is -2.46. The van der Waals surface area contributed by atoms with Gasteiger partial charge in [0.05, 0.1) is 12.7 Å². The van der Waals surface area contributed by atoms with Crippen LogP contribution in [0, 0.1) is 5.92 Å². The molecule has 0 aliphatic carbocycles. The lowest BCUT2D eigenvalue weighted by Gasteiger charge is -2.34. The van der Waals surface area contributed by atoms with Crippen molar-refractivity contribution in [2.75, 3.05) is 32.8 Å². The van der Waals surface area contributed by atoms with Gasteiger partial charge in [-0.25, -0.2) is 4.79 Å². The molecule has 1 aromatic carbocycles. The van der Waals surface area contributed by atoms with Gasteiger partial charge in [-0.1, -0.05) is 18.2 Å². The monoisotopic (exact) mass is 346 g/mol. The fourth-order valence-electron chi connectivity index (χ4n) is 3.87. The topological polar surface area (TPSA) is 50.8 Å². The number of para-hydroxylation sites is 1. The van der Waals surface area contributed by atoms with E-state index in [2.05, 4.69) is 11.4 Å². The van der Waals surface area contributed by atoms with Crippen molar-refractivity contribution in [1.82, 2.24) is 10.2 Å². The molecular weight excluding hydrogens is 316 g/mol. The Kier molecular flexibility index (Phi) is 6.56. The molecule has 2 aliphatic heterocycles. The van der Waals surface area contributed by atoms with Gasteiger partial charge in [0.15, 0.2) is 0 Å². The Morgan fingerprint density at radius 2 is 2.08 bits per heavy atom. The maximum Gasteiger partial charge on any atom is 0.317 e. The Balaban J connectivity index is 1.40. The number of rotatable bonds is 6. The summed E-state index contributed by atoms with van der Waals surface area (Å²) in [6.45, 7) is 5.86. The molecule has 2 fully saturated rings. The van der Waals surface area contributed by atoms with Gasteiger partial charge in [-0.2, -0.15) is 0 Å². The molecule has 0 radical (unpaired) electrons. The molecule has 0 unspecified atom stereocenters. The molecular formula is C20H30N2O3. The third-order valence-corrected chi connectivity index (χ3v) is 5.26. The van der Waals surface area contributed by atoms with Gasteiger partial charge in [0.2, 0.25) is 0 Å². The third-order valence-electron chi connectivity index (χ3n) is 5.26. The van der Waals surface area contributed by atoms with Gasteiger partial charge in [0.25, 0.3) is 0 Å². The Morgan fingerprint density at radius 1 is 1.28 bits per heavy atom. The molecule has 1 N–H and O–H groups in total.